The lowest BCUT2D eigenvalue weighted by molar-refractivity contribution is -0.152. The molecular formula is C13H23N5O4S. The largest absolute Gasteiger partial charge is 0.480 e. The summed E-state index contributed by atoms with van der Waals surface area (Å²) in [5.41, 5.74) is 3.62. The van der Waals surface area contributed by atoms with Gasteiger partial charge in [0.15, 0.2) is 17.3 Å². The van der Waals surface area contributed by atoms with Crippen LogP contribution in [0.3, 0.4) is 0 Å². The summed E-state index contributed by atoms with van der Waals surface area (Å²) in [6.07, 6.45) is 2.69. The zero-order valence-electron chi connectivity index (χ0n) is 12.8. The predicted octanol–water partition coefficient (Wildman–Crippen LogP) is 0.446. The molecule has 0 aromatic carbocycles. The molecule has 2 atom stereocenters. The summed E-state index contributed by atoms with van der Waals surface area (Å²) in [7, 11) is 0. The molecule has 1 fully saturated rings. The van der Waals surface area contributed by atoms with Crippen molar-refractivity contribution in [3.63, 3.8) is 0 Å². The number of carboxylic acids is 1. The molecule has 0 bridgehead atoms. The number of hydrogen-bond donors (Lipinski definition) is 5. The van der Waals surface area contributed by atoms with Crippen molar-refractivity contribution >= 4 is 29.7 Å². The maximum Gasteiger partial charge on any atom is 0.331 e. The van der Waals surface area contributed by atoms with Crippen LogP contribution in [-0.2, 0) is 9.59 Å². The molecule has 0 saturated carbocycles. The van der Waals surface area contributed by atoms with Gasteiger partial charge in [0.1, 0.15) is 0 Å². The molecule has 0 aliphatic carbocycles. The number of nitroso groups, excluding NO2 is 1. The number of guanidine groups is 1. The minimum Gasteiger partial charge on any atom is -0.480 e. The van der Waals surface area contributed by atoms with E-state index in [1.165, 1.54) is 0 Å². The van der Waals surface area contributed by atoms with Crippen LogP contribution in [0.5, 0.6) is 0 Å². The molecule has 0 spiro atoms. The van der Waals surface area contributed by atoms with Crippen LogP contribution in [0, 0.1) is 16.2 Å². The zero-order chi connectivity index (χ0) is 17.3. The van der Waals surface area contributed by atoms with Gasteiger partial charge >= 0.3 is 5.97 Å². The van der Waals surface area contributed by atoms with Gasteiger partial charge in [0.05, 0.1) is 0 Å². The second-order valence-corrected chi connectivity index (χ2v) is 6.25. The average molecular weight is 345 g/mol. The van der Waals surface area contributed by atoms with E-state index in [2.05, 4.69) is 15.2 Å². The van der Waals surface area contributed by atoms with E-state index < -0.39 is 23.2 Å². The fourth-order valence-corrected chi connectivity index (χ4v) is 3.29. The highest BCUT2D eigenvalue weighted by molar-refractivity contribution is 7.97. The molecule has 1 aliphatic heterocycles. The molecule has 1 unspecified atom stereocenters. The van der Waals surface area contributed by atoms with E-state index in [0.29, 0.717) is 32.4 Å². The summed E-state index contributed by atoms with van der Waals surface area (Å²) in [4.78, 5) is 34.8. The smallest absolute Gasteiger partial charge is 0.331 e. The van der Waals surface area contributed by atoms with E-state index in [0.717, 1.165) is 18.4 Å². The van der Waals surface area contributed by atoms with E-state index in [1.54, 1.807) is 0 Å². The van der Waals surface area contributed by atoms with Gasteiger partial charge in [0, 0.05) is 34.7 Å². The number of carboxylic acid groups (broad SMARTS) is 1. The van der Waals surface area contributed by atoms with E-state index in [9.17, 15) is 19.6 Å². The summed E-state index contributed by atoms with van der Waals surface area (Å²) in [6.45, 7) is 0.890. The molecule has 130 valence electrons. The molecule has 6 N–H and O–H groups in total. The molecule has 9 nitrogen and oxygen atoms in total. The van der Waals surface area contributed by atoms with Crippen molar-refractivity contribution < 1.29 is 14.7 Å². The maximum absolute atomic E-state index is 12.8. The zero-order valence-corrected chi connectivity index (χ0v) is 13.7. The Hall–Kier alpha value is -1.68. The first-order chi connectivity index (χ1) is 10.9. The standard InChI is InChI=1S/C13H23N5O4S/c14-12(15)16-6-3-4-9(8-23-18-22)10(19)13(11(20)21)5-1-2-7-17-13/h9,17H,1-8H2,(H,20,21)(H4,14,15,16)/t9-,13?/m1/s1. The molecule has 23 heavy (non-hydrogen) atoms. The molecule has 0 amide bonds. The van der Waals surface area contributed by atoms with Crippen molar-refractivity contribution in [2.24, 2.45) is 16.2 Å². The van der Waals surface area contributed by atoms with Crippen molar-refractivity contribution in [1.29, 1.82) is 5.41 Å². The SMILES string of the molecule is N=C(N)NCCC[C@H](CSN=O)C(=O)C1(C(=O)O)CCCCN1. The summed E-state index contributed by atoms with van der Waals surface area (Å²) in [6, 6.07) is 0. The van der Waals surface area contributed by atoms with Gasteiger partial charge in [-0.1, -0.05) is 0 Å². The summed E-state index contributed by atoms with van der Waals surface area (Å²) < 4.78 is 2.70. The predicted molar refractivity (Wildman–Crippen MR) is 88.1 cm³/mol. The topological polar surface area (TPSA) is 158 Å². The Kier molecular flexibility index (Phi) is 7.96. The highest BCUT2D eigenvalue weighted by Crippen LogP contribution is 2.28. The first kappa shape index (κ1) is 19.4. The molecule has 10 heteroatoms. The second kappa shape index (κ2) is 9.46. The van der Waals surface area contributed by atoms with Crippen LogP contribution in [0.1, 0.15) is 32.1 Å². The van der Waals surface area contributed by atoms with Gasteiger partial charge < -0.3 is 16.2 Å². The summed E-state index contributed by atoms with van der Waals surface area (Å²) >= 11 is 0.724. The van der Waals surface area contributed by atoms with Gasteiger partial charge in [-0.05, 0) is 38.6 Å². The number of Topliss-reactive ketones (excluding diaryl/α,β-unsaturated/α-hetero) is 1. The van der Waals surface area contributed by atoms with E-state index in [-0.39, 0.29) is 18.1 Å². The molecule has 1 heterocycles. The molecule has 1 saturated heterocycles. The van der Waals surface area contributed by atoms with Gasteiger partial charge in [-0.25, -0.2) is 4.79 Å². The number of nitrogens with two attached hydrogens (primary N) is 1. The Morgan fingerprint density at radius 3 is 2.74 bits per heavy atom. The van der Waals surface area contributed by atoms with Crippen molar-refractivity contribution in [1.82, 2.24) is 10.6 Å². The van der Waals surface area contributed by atoms with Crippen LogP contribution in [-0.4, -0.2) is 47.2 Å². The number of hydrogen-bond acceptors (Lipinski definition) is 7. The maximum atomic E-state index is 12.8. The summed E-state index contributed by atoms with van der Waals surface area (Å²) in [5.74, 6) is -2.17. The van der Waals surface area contributed by atoms with Gasteiger partial charge in [-0.3, -0.25) is 15.5 Å². The third-order valence-electron chi connectivity index (χ3n) is 3.94. The van der Waals surface area contributed by atoms with Crippen LogP contribution in [0.4, 0.5) is 0 Å². The average Bonchev–Trinajstić information content (AvgIpc) is 2.53. The minimum absolute atomic E-state index is 0.152. The summed E-state index contributed by atoms with van der Waals surface area (Å²) in [5, 5.41) is 22.1. The third kappa shape index (κ3) is 5.47. The van der Waals surface area contributed by atoms with Crippen LogP contribution in [0.2, 0.25) is 0 Å². The first-order valence-corrected chi connectivity index (χ1v) is 8.43. The Balaban J connectivity index is 2.77. The highest BCUT2D eigenvalue weighted by atomic mass is 32.2. The van der Waals surface area contributed by atoms with Gasteiger partial charge in [0.25, 0.3) is 0 Å². The van der Waals surface area contributed by atoms with Crippen molar-refractivity contribution in [2.45, 2.75) is 37.6 Å². The Morgan fingerprint density at radius 2 is 2.22 bits per heavy atom. The fourth-order valence-electron chi connectivity index (χ4n) is 2.73. The number of piperidine rings is 1. The Bertz CT molecular complexity index is 454. The highest BCUT2D eigenvalue weighted by Gasteiger charge is 2.48. The number of rotatable bonds is 10. The quantitative estimate of drug-likeness (QED) is 0.0953. The molecule has 0 aromatic heterocycles. The number of nitrogens with one attached hydrogen (secondary N) is 3. The van der Waals surface area contributed by atoms with E-state index >= 15 is 0 Å². The van der Waals surface area contributed by atoms with Crippen LogP contribution >= 0.6 is 11.9 Å². The van der Waals surface area contributed by atoms with Crippen LogP contribution in [0.25, 0.3) is 0 Å². The fraction of sp³-hybridized carbons (Fsp3) is 0.769. The van der Waals surface area contributed by atoms with E-state index in [1.807, 2.05) is 0 Å². The number of nitrogens with zero attached hydrogens (tertiary/aromatic N) is 1. The van der Waals surface area contributed by atoms with Crippen LogP contribution in [0.15, 0.2) is 4.58 Å². The van der Waals surface area contributed by atoms with E-state index in [4.69, 9.17) is 11.1 Å². The first-order valence-electron chi connectivity index (χ1n) is 7.49. The van der Waals surface area contributed by atoms with Gasteiger partial charge in [-0.15, -0.1) is 4.91 Å². The minimum atomic E-state index is -1.57. The molecule has 1 rings (SSSR count). The number of carbonyl (C=O) groups excluding carboxylic acids is 1. The van der Waals surface area contributed by atoms with Crippen molar-refractivity contribution in [3.8, 4) is 0 Å². The van der Waals surface area contributed by atoms with Crippen molar-refractivity contribution in [3.05, 3.63) is 4.91 Å². The lowest BCUT2D eigenvalue weighted by Gasteiger charge is -2.35. The lowest BCUT2D eigenvalue weighted by Crippen LogP contribution is -2.62. The molecule has 0 aromatic rings. The van der Waals surface area contributed by atoms with Gasteiger partial charge in [0.2, 0.25) is 0 Å². The normalized spacial score (nSPS) is 22.1. The third-order valence-corrected chi connectivity index (χ3v) is 4.59. The van der Waals surface area contributed by atoms with Gasteiger partial charge in [-0.2, -0.15) is 0 Å². The number of carbonyl (C=O) groups is 2. The monoisotopic (exact) mass is 345 g/mol. The lowest BCUT2D eigenvalue weighted by atomic mass is 9.79. The molecule has 0 radical (unpaired) electrons. The van der Waals surface area contributed by atoms with Crippen molar-refractivity contribution in [2.75, 3.05) is 18.8 Å². The number of ketones is 1. The second-order valence-electron chi connectivity index (χ2n) is 5.51. The van der Waals surface area contributed by atoms with Crippen LogP contribution < -0.4 is 16.4 Å². The Labute approximate surface area is 138 Å². The molecular weight excluding hydrogens is 322 g/mol. The number of aliphatic carboxylic acids is 1. The molecule has 1 aliphatic rings. The Morgan fingerprint density at radius 1 is 1.48 bits per heavy atom.